The van der Waals surface area contributed by atoms with Crippen LogP contribution < -0.4 is 9.80 Å². The van der Waals surface area contributed by atoms with Gasteiger partial charge in [-0.1, -0.05) is 30.3 Å². The van der Waals surface area contributed by atoms with Crippen molar-refractivity contribution in [1.29, 1.82) is 0 Å². The molecule has 4 unspecified atom stereocenters. The van der Waals surface area contributed by atoms with Gasteiger partial charge < -0.3 is 28.7 Å². The van der Waals surface area contributed by atoms with Gasteiger partial charge in [-0.15, -0.1) is 0 Å². The lowest BCUT2D eigenvalue weighted by Gasteiger charge is -2.32. The zero-order valence-corrected chi connectivity index (χ0v) is 18.0. The number of epoxide rings is 4. The number of hydrogen-bond acceptors (Lipinski definition) is 7. The fraction of sp³-hybridized carbons (Fsp3) is 0.480. The fourth-order valence-electron chi connectivity index (χ4n) is 4.16. The summed E-state index contributed by atoms with van der Waals surface area (Å²) in [6.45, 7) is 6.42. The molecule has 0 aliphatic carbocycles. The first-order valence-electron chi connectivity index (χ1n) is 11.4. The number of benzene rings is 2. The molecule has 0 aromatic heterocycles. The molecule has 2 aromatic rings. The van der Waals surface area contributed by atoms with Gasteiger partial charge in [0, 0.05) is 37.3 Å². The minimum Gasteiger partial charge on any atom is -0.371 e. The van der Waals surface area contributed by atoms with Gasteiger partial charge >= 0.3 is 0 Å². The average molecular weight is 437 g/mol. The van der Waals surface area contributed by atoms with E-state index >= 15 is 0 Å². The second kappa shape index (κ2) is 8.48. The van der Waals surface area contributed by atoms with Crippen LogP contribution in [0.25, 0.3) is 0 Å². The van der Waals surface area contributed by atoms with Crippen LogP contribution in [0.1, 0.15) is 15.9 Å². The highest BCUT2D eigenvalue weighted by Crippen LogP contribution is 2.35. The number of rotatable bonds is 12. The van der Waals surface area contributed by atoms with Crippen LogP contribution in [0.4, 0.5) is 11.4 Å². The summed E-state index contributed by atoms with van der Waals surface area (Å²) in [6, 6.07) is 15.5. The second-order valence-corrected chi connectivity index (χ2v) is 9.03. The Morgan fingerprint density at radius 2 is 1.12 bits per heavy atom. The minimum absolute atomic E-state index is 0.0336. The molecule has 0 saturated carbocycles. The zero-order valence-electron chi connectivity index (χ0n) is 18.0. The Morgan fingerprint density at radius 3 is 1.59 bits per heavy atom. The molecule has 4 aliphatic heterocycles. The first-order chi connectivity index (χ1) is 15.7. The largest absolute Gasteiger partial charge is 0.371 e. The third-order valence-corrected chi connectivity index (χ3v) is 6.26. The summed E-state index contributed by atoms with van der Waals surface area (Å²) < 4.78 is 22.2. The van der Waals surface area contributed by atoms with Crippen LogP contribution in [-0.4, -0.2) is 82.8 Å². The maximum absolute atomic E-state index is 13.2. The van der Waals surface area contributed by atoms with Crippen molar-refractivity contribution in [3.05, 3.63) is 59.7 Å². The highest BCUT2D eigenvalue weighted by Gasteiger charge is 2.35. The lowest BCUT2D eigenvalue weighted by molar-refractivity contribution is 0.103. The van der Waals surface area contributed by atoms with Gasteiger partial charge in [0.1, 0.15) is 0 Å². The standard InChI is InChI=1S/C25H28N2O5/c28-25(17-4-2-1-3-5-17)18-6-7-23(26(9-19-13-29-19)10-20-14-30-20)24(8-18)27(11-21-15-31-21)12-22-16-32-22/h1-8,19-22H,9-16H2. The van der Waals surface area contributed by atoms with Gasteiger partial charge in [-0.3, -0.25) is 4.79 Å². The SMILES string of the molecule is O=C(c1ccccc1)c1ccc(N(CC2CO2)CC2CO2)c(N(CC2CO2)CC2CO2)c1. The van der Waals surface area contributed by atoms with E-state index in [0.29, 0.717) is 11.1 Å². The molecule has 0 radical (unpaired) electrons. The molecular weight excluding hydrogens is 408 g/mol. The molecule has 4 aliphatic rings. The molecule has 168 valence electrons. The molecule has 4 fully saturated rings. The van der Waals surface area contributed by atoms with Crippen LogP contribution in [0.2, 0.25) is 0 Å². The number of carbonyl (C=O) groups excluding carboxylic acids is 1. The average Bonchev–Trinajstić information content (AvgIpc) is 3.63. The minimum atomic E-state index is 0.0336. The highest BCUT2D eigenvalue weighted by molar-refractivity contribution is 6.10. The van der Waals surface area contributed by atoms with Crippen LogP contribution in [0.3, 0.4) is 0 Å². The highest BCUT2D eigenvalue weighted by atomic mass is 16.6. The molecule has 0 bridgehead atoms. The van der Waals surface area contributed by atoms with Crippen molar-refractivity contribution in [2.75, 3.05) is 62.4 Å². The van der Waals surface area contributed by atoms with Gasteiger partial charge in [-0.05, 0) is 18.2 Å². The van der Waals surface area contributed by atoms with E-state index in [9.17, 15) is 4.79 Å². The van der Waals surface area contributed by atoms with E-state index in [-0.39, 0.29) is 30.2 Å². The summed E-state index contributed by atoms with van der Waals surface area (Å²) in [5.74, 6) is 0.0336. The van der Waals surface area contributed by atoms with Gasteiger partial charge in [-0.2, -0.15) is 0 Å². The molecule has 32 heavy (non-hydrogen) atoms. The zero-order chi connectivity index (χ0) is 21.5. The van der Waals surface area contributed by atoms with Crippen LogP contribution in [-0.2, 0) is 18.9 Å². The van der Waals surface area contributed by atoms with Crippen molar-refractivity contribution in [2.45, 2.75) is 24.4 Å². The topological polar surface area (TPSA) is 73.7 Å². The van der Waals surface area contributed by atoms with Crippen LogP contribution >= 0.6 is 0 Å². The second-order valence-electron chi connectivity index (χ2n) is 9.03. The van der Waals surface area contributed by atoms with Crippen molar-refractivity contribution in [3.63, 3.8) is 0 Å². The lowest BCUT2D eigenvalue weighted by Crippen LogP contribution is -2.36. The van der Waals surface area contributed by atoms with E-state index in [1.165, 1.54) is 0 Å². The molecular formula is C25H28N2O5. The van der Waals surface area contributed by atoms with Gasteiger partial charge in [0.05, 0.1) is 62.2 Å². The third-order valence-electron chi connectivity index (χ3n) is 6.26. The van der Waals surface area contributed by atoms with Crippen molar-refractivity contribution in [2.24, 2.45) is 0 Å². The predicted octanol–water partition coefficient (Wildman–Crippen LogP) is 2.13. The van der Waals surface area contributed by atoms with E-state index in [2.05, 4.69) is 15.9 Å². The molecule has 7 heteroatoms. The first kappa shape index (κ1) is 20.2. The number of ketones is 1. The Kier molecular flexibility index (Phi) is 5.35. The Balaban J connectivity index is 1.36. The van der Waals surface area contributed by atoms with E-state index in [0.717, 1.165) is 64.0 Å². The number of ether oxygens (including phenoxy) is 4. The summed E-state index contributed by atoms with van der Waals surface area (Å²) in [6.07, 6.45) is 1.00. The monoisotopic (exact) mass is 436 g/mol. The fourth-order valence-corrected chi connectivity index (χ4v) is 4.16. The maximum Gasteiger partial charge on any atom is 0.193 e. The third kappa shape index (κ3) is 4.96. The number of hydrogen-bond donors (Lipinski definition) is 0. The molecule has 4 saturated heterocycles. The normalized spacial score (nSPS) is 27.0. The van der Waals surface area contributed by atoms with Gasteiger partial charge in [-0.25, -0.2) is 0 Å². The van der Waals surface area contributed by atoms with Crippen molar-refractivity contribution in [1.82, 2.24) is 0 Å². The maximum atomic E-state index is 13.2. The predicted molar refractivity (Wildman–Crippen MR) is 120 cm³/mol. The Bertz CT molecular complexity index is 940. The Hall–Kier alpha value is -2.45. The van der Waals surface area contributed by atoms with Crippen molar-refractivity contribution in [3.8, 4) is 0 Å². The summed E-state index contributed by atoms with van der Waals surface area (Å²) in [5, 5.41) is 0. The quantitative estimate of drug-likeness (QED) is 0.373. The Labute approximate surface area is 187 Å². The number of carbonyl (C=O) groups is 1. The molecule has 0 spiro atoms. The molecule has 4 atom stereocenters. The molecule has 0 N–H and O–H groups in total. The van der Waals surface area contributed by atoms with E-state index in [4.69, 9.17) is 18.9 Å². The van der Waals surface area contributed by atoms with Crippen LogP contribution in [0.15, 0.2) is 48.5 Å². The van der Waals surface area contributed by atoms with Gasteiger partial charge in [0.2, 0.25) is 0 Å². The smallest absolute Gasteiger partial charge is 0.193 e. The molecule has 0 amide bonds. The van der Waals surface area contributed by atoms with Crippen LogP contribution in [0, 0.1) is 0 Å². The molecule has 4 heterocycles. The van der Waals surface area contributed by atoms with E-state index in [1.807, 2.05) is 42.5 Å². The number of nitrogens with zero attached hydrogens (tertiary/aromatic N) is 2. The van der Waals surface area contributed by atoms with Crippen molar-refractivity contribution < 1.29 is 23.7 Å². The van der Waals surface area contributed by atoms with E-state index < -0.39 is 0 Å². The molecule has 7 nitrogen and oxygen atoms in total. The van der Waals surface area contributed by atoms with Gasteiger partial charge in [0.15, 0.2) is 5.78 Å². The summed E-state index contributed by atoms with van der Waals surface area (Å²) in [5.41, 5.74) is 3.56. The number of anilines is 2. The lowest BCUT2D eigenvalue weighted by atomic mass is 10.0. The first-order valence-corrected chi connectivity index (χ1v) is 11.4. The summed E-state index contributed by atoms with van der Waals surface area (Å²) in [4.78, 5) is 17.9. The van der Waals surface area contributed by atoms with Gasteiger partial charge in [0.25, 0.3) is 0 Å². The summed E-state index contributed by atoms with van der Waals surface area (Å²) in [7, 11) is 0. The molecule has 2 aromatic carbocycles. The van der Waals surface area contributed by atoms with E-state index in [1.54, 1.807) is 0 Å². The molecule has 6 rings (SSSR count). The Morgan fingerprint density at radius 1 is 0.656 bits per heavy atom. The summed E-state index contributed by atoms with van der Waals surface area (Å²) >= 11 is 0. The van der Waals surface area contributed by atoms with Crippen molar-refractivity contribution >= 4 is 17.2 Å². The van der Waals surface area contributed by atoms with Crippen LogP contribution in [0.5, 0.6) is 0 Å².